The molecule has 1 fully saturated rings. The molecular weight excluding hydrogens is 305 g/mol. The summed E-state index contributed by atoms with van der Waals surface area (Å²) in [7, 11) is -3.64. The maximum absolute atomic E-state index is 13.9. The number of halogens is 1. The van der Waals surface area contributed by atoms with Crippen molar-refractivity contribution in [2.24, 2.45) is 0 Å². The van der Waals surface area contributed by atoms with Gasteiger partial charge >= 0.3 is 0 Å². The highest BCUT2D eigenvalue weighted by Crippen LogP contribution is 2.37. The summed E-state index contributed by atoms with van der Waals surface area (Å²) in [6.07, 6.45) is 0.579. The molecule has 0 radical (unpaired) electrons. The molecule has 1 heterocycles. The van der Waals surface area contributed by atoms with Gasteiger partial charge in [0, 0.05) is 5.56 Å². The number of hydrogen-bond acceptors (Lipinski definition) is 3. The molecule has 1 aromatic carbocycles. The van der Waals surface area contributed by atoms with Crippen LogP contribution in [-0.4, -0.2) is 25.7 Å². The molecule has 22 heavy (non-hydrogen) atoms. The van der Waals surface area contributed by atoms with E-state index in [-0.39, 0.29) is 23.0 Å². The number of sulfonamides is 1. The van der Waals surface area contributed by atoms with Crippen LogP contribution in [0, 0.1) is 12.7 Å². The molecule has 1 aromatic rings. The van der Waals surface area contributed by atoms with Gasteiger partial charge in [-0.2, -0.15) is 0 Å². The zero-order valence-corrected chi connectivity index (χ0v) is 14.6. The summed E-state index contributed by atoms with van der Waals surface area (Å²) in [5.41, 5.74) is -0.0402. The summed E-state index contributed by atoms with van der Waals surface area (Å²) < 4.78 is 47.1. The Labute approximate surface area is 132 Å². The Hall–Kier alpha value is -0.980. The maximum Gasteiger partial charge on any atom is 0.216 e. The average molecular weight is 329 g/mol. The normalized spacial score (nSPS) is 23.6. The number of ether oxygens (including phenoxy) is 1. The van der Waals surface area contributed by atoms with Gasteiger partial charge in [-0.15, -0.1) is 0 Å². The Bertz CT molecular complexity index is 668. The van der Waals surface area contributed by atoms with E-state index >= 15 is 0 Å². The smallest absolute Gasteiger partial charge is 0.216 e. The number of aryl methyl sites for hydroxylation is 1. The van der Waals surface area contributed by atoms with Crippen LogP contribution >= 0.6 is 0 Å². The van der Waals surface area contributed by atoms with Crippen LogP contribution < -0.4 is 4.72 Å². The molecule has 1 atom stereocenters. The number of hydrogen-bond donors (Lipinski definition) is 1. The fourth-order valence-corrected chi connectivity index (χ4v) is 4.51. The summed E-state index contributed by atoms with van der Waals surface area (Å²) in [5.74, 6) is -0.862. The van der Waals surface area contributed by atoms with E-state index in [0.29, 0.717) is 6.42 Å². The first kappa shape index (κ1) is 17.4. The van der Waals surface area contributed by atoms with Gasteiger partial charge in [0.05, 0.1) is 23.0 Å². The summed E-state index contributed by atoms with van der Waals surface area (Å²) >= 11 is 0. The van der Waals surface area contributed by atoms with E-state index in [1.54, 1.807) is 13.0 Å². The van der Waals surface area contributed by atoms with Crippen LogP contribution in [0.5, 0.6) is 0 Å². The van der Waals surface area contributed by atoms with E-state index in [9.17, 15) is 12.8 Å². The van der Waals surface area contributed by atoms with Crippen molar-refractivity contribution < 1.29 is 17.5 Å². The summed E-state index contributed by atoms with van der Waals surface area (Å²) in [4.78, 5) is 0. The van der Waals surface area contributed by atoms with Gasteiger partial charge in [-0.05, 0) is 52.7 Å². The maximum atomic E-state index is 13.9. The molecule has 0 aromatic heterocycles. The van der Waals surface area contributed by atoms with Crippen LogP contribution in [-0.2, 0) is 20.5 Å². The minimum Gasteiger partial charge on any atom is -0.368 e. The minimum absolute atomic E-state index is 0.175. The second-order valence-electron chi connectivity index (χ2n) is 7.19. The molecule has 124 valence electrons. The molecule has 0 aliphatic carbocycles. The second-order valence-corrected chi connectivity index (χ2v) is 8.95. The minimum atomic E-state index is -3.64. The van der Waals surface area contributed by atoms with E-state index < -0.39 is 21.4 Å². The van der Waals surface area contributed by atoms with Crippen LogP contribution in [0.2, 0.25) is 0 Å². The Morgan fingerprint density at radius 2 is 1.95 bits per heavy atom. The third-order valence-electron chi connectivity index (χ3n) is 3.95. The molecule has 1 unspecified atom stereocenters. The fraction of sp³-hybridized carbons (Fsp3) is 0.625. The van der Waals surface area contributed by atoms with Crippen molar-refractivity contribution in [1.29, 1.82) is 0 Å². The lowest BCUT2D eigenvalue weighted by atomic mass is 9.96. The molecule has 6 heteroatoms. The molecule has 1 N–H and O–H groups in total. The highest BCUT2D eigenvalue weighted by molar-refractivity contribution is 7.88. The standard InChI is InChI=1S/C16H24FNO3S/c1-11-6-7-12(13(17)8-11)10-22(19,20)18-14-9-15(2,3)21-16(14,4)5/h6-8,14,18H,9-10H2,1-5H3. The Kier molecular flexibility index (Phi) is 4.41. The predicted octanol–water partition coefficient (Wildman–Crippen LogP) is 2.90. The fourth-order valence-electron chi connectivity index (χ4n) is 2.98. The Balaban J connectivity index is 2.15. The van der Waals surface area contributed by atoms with Crippen molar-refractivity contribution in [2.45, 2.75) is 64.0 Å². The third-order valence-corrected chi connectivity index (χ3v) is 5.28. The Morgan fingerprint density at radius 1 is 1.32 bits per heavy atom. The van der Waals surface area contributed by atoms with Crippen molar-refractivity contribution in [3.63, 3.8) is 0 Å². The molecule has 0 amide bonds. The molecule has 0 bridgehead atoms. The van der Waals surface area contributed by atoms with Crippen LogP contribution in [0.3, 0.4) is 0 Å². The van der Waals surface area contributed by atoms with Gasteiger partial charge in [-0.25, -0.2) is 17.5 Å². The summed E-state index contributed by atoms with van der Waals surface area (Å²) in [6, 6.07) is 4.24. The zero-order valence-electron chi connectivity index (χ0n) is 13.7. The van der Waals surface area contributed by atoms with E-state index in [0.717, 1.165) is 5.56 Å². The van der Waals surface area contributed by atoms with E-state index in [2.05, 4.69) is 4.72 Å². The molecule has 0 spiro atoms. The van der Waals surface area contributed by atoms with Gasteiger partial charge < -0.3 is 4.74 Å². The lowest BCUT2D eigenvalue weighted by Gasteiger charge is -2.27. The van der Waals surface area contributed by atoms with Crippen molar-refractivity contribution in [1.82, 2.24) is 4.72 Å². The van der Waals surface area contributed by atoms with Crippen LogP contribution in [0.1, 0.15) is 45.2 Å². The highest BCUT2D eigenvalue weighted by Gasteiger charge is 2.47. The quantitative estimate of drug-likeness (QED) is 0.924. The van der Waals surface area contributed by atoms with Crippen LogP contribution in [0.4, 0.5) is 4.39 Å². The first-order valence-corrected chi connectivity index (χ1v) is 9.01. The summed E-state index contributed by atoms with van der Waals surface area (Å²) in [5, 5.41) is 0. The van der Waals surface area contributed by atoms with Crippen molar-refractivity contribution in [2.75, 3.05) is 0 Å². The average Bonchev–Trinajstić information content (AvgIpc) is 2.49. The SMILES string of the molecule is Cc1ccc(CS(=O)(=O)NC2CC(C)(C)OC2(C)C)c(F)c1. The van der Waals surface area contributed by atoms with Crippen LogP contribution in [0.15, 0.2) is 18.2 Å². The third kappa shape index (κ3) is 4.06. The number of benzene rings is 1. The van der Waals surface area contributed by atoms with Gasteiger partial charge in [0.1, 0.15) is 5.82 Å². The predicted molar refractivity (Wildman–Crippen MR) is 84.5 cm³/mol. The second kappa shape index (κ2) is 5.58. The number of nitrogens with one attached hydrogen (secondary N) is 1. The molecule has 1 aliphatic rings. The lowest BCUT2D eigenvalue weighted by molar-refractivity contribution is -0.0684. The topological polar surface area (TPSA) is 55.4 Å². The van der Waals surface area contributed by atoms with Gasteiger partial charge in [-0.3, -0.25) is 0 Å². The van der Waals surface area contributed by atoms with Gasteiger partial charge in [0.25, 0.3) is 0 Å². The molecule has 1 saturated heterocycles. The highest BCUT2D eigenvalue weighted by atomic mass is 32.2. The zero-order chi connectivity index (χ0) is 16.8. The molecular formula is C16H24FNO3S. The first-order valence-electron chi connectivity index (χ1n) is 7.35. The van der Waals surface area contributed by atoms with Gasteiger partial charge in [-0.1, -0.05) is 12.1 Å². The van der Waals surface area contributed by atoms with Crippen molar-refractivity contribution in [3.8, 4) is 0 Å². The Morgan fingerprint density at radius 3 is 2.45 bits per heavy atom. The largest absolute Gasteiger partial charge is 0.368 e. The van der Waals surface area contributed by atoms with Crippen molar-refractivity contribution >= 4 is 10.0 Å². The van der Waals surface area contributed by atoms with Gasteiger partial charge in [0.2, 0.25) is 10.0 Å². The van der Waals surface area contributed by atoms with E-state index in [1.165, 1.54) is 12.1 Å². The molecule has 2 rings (SSSR count). The monoisotopic (exact) mass is 329 g/mol. The lowest BCUT2D eigenvalue weighted by Crippen LogP contribution is -2.46. The number of rotatable bonds is 4. The molecule has 4 nitrogen and oxygen atoms in total. The van der Waals surface area contributed by atoms with Crippen molar-refractivity contribution in [3.05, 3.63) is 35.1 Å². The first-order chi connectivity index (χ1) is 9.90. The summed E-state index contributed by atoms with van der Waals surface area (Å²) in [6.45, 7) is 9.36. The van der Waals surface area contributed by atoms with Crippen LogP contribution in [0.25, 0.3) is 0 Å². The molecule has 1 aliphatic heterocycles. The van der Waals surface area contributed by atoms with E-state index in [1.807, 2.05) is 27.7 Å². The van der Waals surface area contributed by atoms with E-state index in [4.69, 9.17) is 4.74 Å². The van der Waals surface area contributed by atoms with Gasteiger partial charge in [0.15, 0.2) is 0 Å². The molecule has 0 saturated carbocycles.